The fourth-order valence-electron chi connectivity index (χ4n) is 7.35. The highest BCUT2D eigenvalue weighted by atomic mass is 16.5. The first-order valence-electron chi connectivity index (χ1n) is 17.5. The molecule has 0 spiro atoms. The minimum atomic E-state index is -0.696. The zero-order chi connectivity index (χ0) is 34.0. The molecule has 0 amide bonds. The Kier molecular flexibility index (Phi) is 14.0. The van der Waals surface area contributed by atoms with E-state index in [1.807, 2.05) is 12.2 Å². The number of nitrogens with zero attached hydrogens (tertiary/aromatic N) is 5. The number of nitrogens with two attached hydrogens (primary N) is 1. The molecule has 0 aromatic heterocycles. The zero-order valence-electron chi connectivity index (χ0n) is 30.2. The second-order valence-corrected chi connectivity index (χ2v) is 14.8. The maximum atomic E-state index is 10.1. The summed E-state index contributed by atoms with van der Waals surface area (Å²) in [7, 11) is 1.41. The van der Waals surface area contributed by atoms with Gasteiger partial charge in [-0.15, -0.1) is 0 Å². The fraction of sp³-hybridized carbons (Fsp3) is 0.722. The van der Waals surface area contributed by atoms with Crippen LogP contribution in [0.5, 0.6) is 0 Å². The molecule has 2 atom stereocenters. The van der Waals surface area contributed by atoms with E-state index >= 15 is 0 Å². The minimum absolute atomic E-state index is 0.128. The van der Waals surface area contributed by atoms with Crippen LogP contribution in [0, 0.1) is 16.7 Å². The van der Waals surface area contributed by atoms with Crippen LogP contribution in [0.4, 0.5) is 0 Å². The van der Waals surface area contributed by atoms with E-state index in [0.29, 0.717) is 37.3 Å². The van der Waals surface area contributed by atoms with Crippen molar-refractivity contribution in [2.45, 2.75) is 117 Å². The largest absolute Gasteiger partial charge is 0.458 e. The van der Waals surface area contributed by atoms with E-state index in [9.17, 15) is 10.3 Å². The number of fused-ring (bicyclic) bond motifs is 1. The number of piperidine rings is 1. The van der Waals surface area contributed by atoms with E-state index in [4.69, 9.17) is 15.4 Å². The first-order valence-corrected chi connectivity index (χ1v) is 17.5. The maximum Gasteiger partial charge on any atom is 0.458 e. The number of likely N-dealkylation sites (N-methyl/N-ethyl adjacent to an activating group) is 1. The highest BCUT2D eigenvalue weighted by Crippen LogP contribution is 2.42. The lowest BCUT2D eigenvalue weighted by Gasteiger charge is -2.59. The van der Waals surface area contributed by atoms with E-state index in [0.717, 1.165) is 75.4 Å². The van der Waals surface area contributed by atoms with Crippen molar-refractivity contribution in [1.82, 2.24) is 20.0 Å². The Hall–Kier alpha value is -2.58. The quantitative estimate of drug-likeness (QED) is 0.0723. The molecule has 0 radical (unpaired) electrons. The molecule has 0 bridgehead atoms. The van der Waals surface area contributed by atoms with Gasteiger partial charge in [0.2, 0.25) is 0 Å². The molecule has 0 aromatic carbocycles. The van der Waals surface area contributed by atoms with Crippen molar-refractivity contribution < 1.29 is 9.68 Å². The first kappa shape index (κ1) is 37.9. The SMILES string of the molecule is CC/C=C(\C=C/CC1=CCB(O)OC1)N/C(N)=N/C(=C(/C)CCC)N(C)CC(CC)(CC#N)N1CCN2CC(C)(C)CCC2(C)C1. The molecule has 0 aliphatic carbocycles. The van der Waals surface area contributed by atoms with Crippen LogP contribution in [0.15, 0.2) is 52.0 Å². The average molecular weight is 636 g/mol. The molecule has 4 N–H and O–H groups in total. The van der Waals surface area contributed by atoms with Gasteiger partial charge in [-0.25, -0.2) is 0 Å². The summed E-state index contributed by atoms with van der Waals surface area (Å²) in [6.45, 7) is 21.1. The summed E-state index contributed by atoms with van der Waals surface area (Å²) in [5.41, 5.74) is 10.0. The molecule has 2 unspecified atom stereocenters. The van der Waals surface area contributed by atoms with Gasteiger partial charge in [-0.3, -0.25) is 9.80 Å². The van der Waals surface area contributed by atoms with Gasteiger partial charge in [-0.05, 0) is 75.0 Å². The van der Waals surface area contributed by atoms with Gasteiger partial charge in [-0.1, -0.05) is 59.3 Å². The van der Waals surface area contributed by atoms with Crippen molar-refractivity contribution in [3.05, 3.63) is 47.0 Å². The lowest BCUT2D eigenvalue weighted by molar-refractivity contribution is -0.0904. The topological polar surface area (TPSA) is 113 Å². The smallest absolute Gasteiger partial charge is 0.427 e. The third-order valence-corrected chi connectivity index (χ3v) is 10.2. The van der Waals surface area contributed by atoms with Gasteiger partial charge in [0.15, 0.2) is 5.96 Å². The number of hydrogen-bond donors (Lipinski definition) is 3. The monoisotopic (exact) mass is 636 g/mol. The van der Waals surface area contributed by atoms with Crippen molar-refractivity contribution in [3.8, 4) is 6.07 Å². The molecular formula is C36H62BN7O2. The fourth-order valence-corrected chi connectivity index (χ4v) is 7.35. The number of nitriles is 1. The Morgan fingerprint density at radius 1 is 1.26 bits per heavy atom. The molecule has 3 aliphatic rings. The number of rotatable bonds is 14. The Morgan fingerprint density at radius 3 is 2.65 bits per heavy atom. The zero-order valence-corrected chi connectivity index (χ0v) is 30.2. The number of guanidine groups is 1. The summed E-state index contributed by atoms with van der Waals surface area (Å²) >= 11 is 0. The number of piperazine rings is 1. The molecule has 0 aromatic rings. The molecule has 9 nitrogen and oxygen atoms in total. The van der Waals surface area contributed by atoms with E-state index < -0.39 is 7.12 Å². The highest BCUT2D eigenvalue weighted by Gasteiger charge is 2.48. The van der Waals surface area contributed by atoms with Crippen LogP contribution in [-0.4, -0.2) is 90.3 Å². The van der Waals surface area contributed by atoms with Crippen molar-refractivity contribution in [2.75, 3.05) is 46.4 Å². The van der Waals surface area contributed by atoms with Gasteiger partial charge < -0.3 is 25.6 Å². The summed E-state index contributed by atoms with van der Waals surface area (Å²) in [4.78, 5) is 12.6. The van der Waals surface area contributed by atoms with Gasteiger partial charge in [-0.2, -0.15) is 10.3 Å². The van der Waals surface area contributed by atoms with Crippen molar-refractivity contribution in [3.63, 3.8) is 0 Å². The highest BCUT2D eigenvalue weighted by molar-refractivity contribution is 6.43. The van der Waals surface area contributed by atoms with Gasteiger partial charge in [0, 0.05) is 57.3 Å². The molecule has 2 saturated heterocycles. The van der Waals surface area contributed by atoms with Crippen LogP contribution in [0.2, 0.25) is 6.32 Å². The van der Waals surface area contributed by atoms with Crippen molar-refractivity contribution in [1.29, 1.82) is 5.26 Å². The first-order chi connectivity index (χ1) is 21.8. The van der Waals surface area contributed by atoms with E-state index in [1.165, 1.54) is 18.4 Å². The number of hydrogen-bond acceptors (Lipinski definition) is 7. The number of aliphatic imine (C=N–C) groups is 1. The van der Waals surface area contributed by atoms with E-state index in [-0.39, 0.29) is 11.1 Å². The van der Waals surface area contributed by atoms with Crippen LogP contribution in [0.1, 0.15) is 99.8 Å². The van der Waals surface area contributed by atoms with Gasteiger partial charge in [0.1, 0.15) is 5.82 Å². The standard InChI is InChI=1S/C36H62BN7O2/c1-9-13-29(4)32(41-33(39)40-31(14-10-2)16-12-15-30-17-21-37(45)46-25-30)42(8)28-36(11-3,20-22-38)44-24-23-43-26-34(5,6)18-19-35(43,7)27-44/h12,14,16-17,45H,9-11,13,15,18-21,23-28H2,1-8H3,(H3,39,40,41)/b16-12-,31-14+,32-29+. The Labute approximate surface area is 280 Å². The third kappa shape index (κ3) is 10.2. The molecule has 0 saturated carbocycles. The Morgan fingerprint density at radius 2 is 2.02 bits per heavy atom. The molecule has 46 heavy (non-hydrogen) atoms. The van der Waals surface area contributed by atoms with Crippen LogP contribution >= 0.6 is 0 Å². The predicted molar refractivity (Wildman–Crippen MR) is 192 cm³/mol. The molecule has 2 fully saturated rings. The summed E-state index contributed by atoms with van der Waals surface area (Å²) in [5.74, 6) is 1.22. The van der Waals surface area contributed by atoms with E-state index in [2.05, 4.69) is 93.8 Å². The Bertz CT molecular complexity index is 1220. The van der Waals surface area contributed by atoms with Crippen molar-refractivity contribution in [2.24, 2.45) is 16.1 Å². The third-order valence-electron chi connectivity index (χ3n) is 10.2. The molecular weight excluding hydrogens is 573 g/mol. The number of nitrogens with one attached hydrogen (secondary N) is 1. The van der Waals surface area contributed by atoms with Gasteiger partial charge in [0.25, 0.3) is 0 Å². The summed E-state index contributed by atoms with van der Waals surface area (Å²) in [6, 6.07) is 2.57. The van der Waals surface area contributed by atoms with Crippen LogP contribution in [-0.2, 0) is 4.65 Å². The molecule has 256 valence electrons. The minimum Gasteiger partial charge on any atom is -0.427 e. The normalized spacial score (nSPS) is 25.0. The van der Waals surface area contributed by atoms with Gasteiger partial charge >= 0.3 is 7.12 Å². The van der Waals surface area contributed by atoms with Crippen LogP contribution in [0.25, 0.3) is 0 Å². The second-order valence-electron chi connectivity index (χ2n) is 14.8. The summed E-state index contributed by atoms with van der Waals surface area (Å²) < 4.78 is 5.35. The van der Waals surface area contributed by atoms with Crippen LogP contribution < -0.4 is 11.1 Å². The molecule has 10 heteroatoms. The lowest BCUT2D eigenvalue weighted by atomic mass is 9.73. The van der Waals surface area contributed by atoms with E-state index in [1.54, 1.807) is 0 Å². The summed E-state index contributed by atoms with van der Waals surface area (Å²) in [6.07, 6.45) is 16.1. The number of allylic oxidation sites excluding steroid dienone is 5. The second kappa shape index (κ2) is 17.0. The lowest BCUT2D eigenvalue weighted by Crippen LogP contribution is -2.69. The van der Waals surface area contributed by atoms with Crippen molar-refractivity contribution >= 4 is 13.1 Å². The van der Waals surface area contributed by atoms with Crippen LogP contribution in [0.3, 0.4) is 0 Å². The summed E-state index contributed by atoms with van der Waals surface area (Å²) in [5, 5.41) is 23.0. The molecule has 3 rings (SSSR count). The molecule has 3 aliphatic heterocycles. The Balaban J connectivity index is 1.81. The predicted octanol–water partition coefficient (Wildman–Crippen LogP) is 5.79. The molecule has 3 heterocycles. The maximum absolute atomic E-state index is 10.1. The van der Waals surface area contributed by atoms with Gasteiger partial charge in [0.05, 0.1) is 24.6 Å². The average Bonchev–Trinajstić information content (AvgIpc) is 3.00.